The number of hydrogen-bond acceptors (Lipinski definition) is 4. The number of nitrogens with one attached hydrogen (secondary N) is 1. The van der Waals surface area contributed by atoms with E-state index in [-0.39, 0.29) is 12.5 Å². The topological polar surface area (TPSA) is 85.8 Å². The molecule has 1 aromatic rings. The molecule has 0 aliphatic heterocycles. The molecule has 0 aromatic carbocycles. The lowest BCUT2D eigenvalue weighted by Crippen LogP contribution is -2.37. The van der Waals surface area contributed by atoms with Gasteiger partial charge in [0.15, 0.2) is 0 Å². The molecular weight excluding hydrogens is 182 g/mol. The lowest BCUT2D eigenvalue weighted by Gasteiger charge is -2.20. The van der Waals surface area contributed by atoms with Crippen molar-refractivity contribution >= 4 is 11.9 Å². The first-order valence-corrected chi connectivity index (χ1v) is 4.33. The average molecular weight is 197 g/mol. The number of nitrogens with zero attached hydrogens (tertiary/aromatic N) is 3. The summed E-state index contributed by atoms with van der Waals surface area (Å²) >= 11 is 0. The van der Waals surface area contributed by atoms with Gasteiger partial charge in [-0.05, 0) is 13.8 Å². The van der Waals surface area contributed by atoms with E-state index in [1.54, 1.807) is 20.9 Å². The van der Waals surface area contributed by atoms with Crippen molar-refractivity contribution in [3.05, 3.63) is 6.33 Å². The number of amides is 1. The summed E-state index contributed by atoms with van der Waals surface area (Å²) in [6, 6.07) is 0. The molecule has 1 heterocycles. The molecule has 1 rings (SSSR count). The fourth-order valence-electron chi connectivity index (χ4n) is 0.773. The molecule has 0 bridgehead atoms. The molecule has 6 heteroatoms. The zero-order valence-electron chi connectivity index (χ0n) is 8.61. The molecule has 14 heavy (non-hydrogen) atoms. The van der Waals surface area contributed by atoms with Gasteiger partial charge in [-0.2, -0.15) is 10.1 Å². The Kier molecular flexibility index (Phi) is 2.85. The third kappa shape index (κ3) is 2.08. The number of hydrogen-bond donors (Lipinski definition) is 2. The fraction of sp³-hybridized carbons (Fsp3) is 0.625. The molecule has 0 aliphatic rings. The average Bonchev–Trinajstić information content (AvgIpc) is 2.52. The van der Waals surface area contributed by atoms with Crippen LogP contribution in [-0.4, -0.2) is 27.2 Å². The van der Waals surface area contributed by atoms with Crippen LogP contribution in [-0.2, 0) is 11.8 Å². The number of nitrogens with two attached hydrogens (primary N) is 1. The van der Waals surface area contributed by atoms with Gasteiger partial charge in [0.2, 0.25) is 11.9 Å². The Morgan fingerprint density at radius 3 is 2.79 bits per heavy atom. The van der Waals surface area contributed by atoms with Gasteiger partial charge in [-0.25, -0.2) is 4.68 Å². The molecule has 3 N–H and O–H groups in total. The van der Waals surface area contributed by atoms with E-state index in [9.17, 15) is 4.79 Å². The van der Waals surface area contributed by atoms with Crippen molar-refractivity contribution in [1.82, 2.24) is 14.8 Å². The Morgan fingerprint density at radius 2 is 2.36 bits per heavy atom. The predicted octanol–water partition coefficient (Wildman–Crippen LogP) is -0.261. The van der Waals surface area contributed by atoms with Gasteiger partial charge >= 0.3 is 0 Å². The van der Waals surface area contributed by atoms with E-state index in [0.29, 0.717) is 5.95 Å². The van der Waals surface area contributed by atoms with Crippen molar-refractivity contribution in [2.45, 2.75) is 13.8 Å². The first-order valence-electron chi connectivity index (χ1n) is 4.33. The van der Waals surface area contributed by atoms with Crippen molar-refractivity contribution in [3.8, 4) is 0 Å². The summed E-state index contributed by atoms with van der Waals surface area (Å²) < 4.78 is 1.49. The van der Waals surface area contributed by atoms with Crippen LogP contribution in [0.1, 0.15) is 13.8 Å². The maximum Gasteiger partial charge on any atom is 0.233 e. The van der Waals surface area contributed by atoms with Crippen LogP contribution in [0.15, 0.2) is 6.33 Å². The largest absolute Gasteiger partial charge is 0.329 e. The highest BCUT2D eigenvalue weighted by Gasteiger charge is 2.26. The van der Waals surface area contributed by atoms with E-state index in [2.05, 4.69) is 15.4 Å². The van der Waals surface area contributed by atoms with Crippen LogP contribution in [0.4, 0.5) is 5.95 Å². The molecule has 0 spiro atoms. The summed E-state index contributed by atoms with van der Waals surface area (Å²) in [6.45, 7) is 3.84. The molecule has 6 nitrogen and oxygen atoms in total. The Hall–Kier alpha value is -1.43. The molecule has 1 amide bonds. The van der Waals surface area contributed by atoms with Crippen LogP contribution in [0.25, 0.3) is 0 Å². The molecular formula is C8H15N5O. The van der Waals surface area contributed by atoms with E-state index in [0.717, 1.165) is 0 Å². The number of aryl methyl sites for hydroxylation is 1. The van der Waals surface area contributed by atoms with Crippen molar-refractivity contribution in [1.29, 1.82) is 0 Å². The molecule has 78 valence electrons. The van der Waals surface area contributed by atoms with Crippen molar-refractivity contribution in [2.24, 2.45) is 18.2 Å². The fourth-order valence-corrected chi connectivity index (χ4v) is 0.773. The maximum atomic E-state index is 11.6. The molecule has 0 atom stereocenters. The van der Waals surface area contributed by atoms with Crippen LogP contribution >= 0.6 is 0 Å². The van der Waals surface area contributed by atoms with Gasteiger partial charge in [-0.3, -0.25) is 10.1 Å². The van der Waals surface area contributed by atoms with Gasteiger partial charge in [0.1, 0.15) is 6.33 Å². The molecule has 0 saturated heterocycles. The number of carbonyl (C=O) groups is 1. The monoisotopic (exact) mass is 197 g/mol. The predicted molar refractivity (Wildman–Crippen MR) is 52.5 cm³/mol. The highest BCUT2D eigenvalue weighted by Crippen LogP contribution is 2.14. The highest BCUT2D eigenvalue weighted by atomic mass is 16.2. The Balaban J connectivity index is 2.71. The highest BCUT2D eigenvalue weighted by molar-refractivity contribution is 5.93. The van der Waals surface area contributed by atoms with Crippen molar-refractivity contribution in [3.63, 3.8) is 0 Å². The first-order chi connectivity index (χ1) is 6.47. The third-order valence-electron chi connectivity index (χ3n) is 2.06. The SMILES string of the molecule is Cn1ncnc1NC(=O)C(C)(C)CN. The van der Waals surface area contributed by atoms with E-state index >= 15 is 0 Å². The number of anilines is 1. The second-order valence-electron chi connectivity index (χ2n) is 3.75. The molecule has 0 fully saturated rings. The van der Waals surface area contributed by atoms with Crippen LogP contribution in [0.3, 0.4) is 0 Å². The number of aromatic nitrogens is 3. The Morgan fingerprint density at radius 1 is 1.71 bits per heavy atom. The van der Waals surface area contributed by atoms with E-state index < -0.39 is 5.41 Å². The van der Waals surface area contributed by atoms with E-state index in [4.69, 9.17) is 5.73 Å². The first kappa shape index (κ1) is 10.6. The Labute approximate surface area is 82.5 Å². The Bertz CT molecular complexity index is 330. The van der Waals surface area contributed by atoms with Crippen molar-refractivity contribution in [2.75, 3.05) is 11.9 Å². The van der Waals surface area contributed by atoms with E-state index in [1.807, 2.05) is 0 Å². The maximum absolute atomic E-state index is 11.6. The van der Waals surface area contributed by atoms with Crippen LogP contribution in [0.2, 0.25) is 0 Å². The third-order valence-corrected chi connectivity index (χ3v) is 2.06. The summed E-state index contributed by atoms with van der Waals surface area (Å²) in [5.41, 5.74) is 4.88. The second kappa shape index (κ2) is 3.75. The summed E-state index contributed by atoms with van der Waals surface area (Å²) in [7, 11) is 1.71. The molecule has 0 radical (unpaired) electrons. The lowest BCUT2D eigenvalue weighted by atomic mass is 9.93. The summed E-state index contributed by atoms with van der Waals surface area (Å²) in [4.78, 5) is 15.5. The minimum absolute atomic E-state index is 0.156. The standard InChI is InChI=1S/C8H15N5O/c1-8(2,4-9)6(14)12-7-10-5-11-13(7)3/h5H,4,9H2,1-3H3,(H,10,11,12,14). The molecule has 0 saturated carbocycles. The van der Waals surface area contributed by atoms with Crippen molar-refractivity contribution < 1.29 is 4.79 Å². The van der Waals surface area contributed by atoms with Gasteiger partial charge < -0.3 is 5.73 Å². The summed E-state index contributed by atoms with van der Waals surface area (Å²) in [5.74, 6) is 0.271. The van der Waals surface area contributed by atoms with Gasteiger partial charge in [0.05, 0.1) is 5.41 Å². The second-order valence-corrected chi connectivity index (χ2v) is 3.75. The number of rotatable bonds is 3. The summed E-state index contributed by atoms with van der Waals surface area (Å²) in [6.07, 6.45) is 1.38. The van der Waals surface area contributed by atoms with Gasteiger partial charge in [-0.1, -0.05) is 0 Å². The lowest BCUT2D eigenvalue weighted by molar-refractivity contribution is -0.123. The van der Waals surface area contributed by atoms with Gasteiger partial charge in [0.25, 0.3) is 0 Å². The number of carbonyl (C=O) groups excluding carboxylic acids is 1. The molecule has 1 aromatic heterocycles. The van der Waals surface area contributed by atoms with Crippen LogP contribution in [0, 0.1) is 5.41 Å². The van der Waals surface area contributed by atoms with Gasteiger partial charge in [0, 0.05) is 13.6 Å². The molecule has 0 aliphatic carbocycles. The quantitative estimate of drug-likeness (QED) is 0.699. The smallest absolute Gasteiger partial charge is 0.233 e. The minimum Gasteiger partial charge on any atom is -0.329 e. The normalized spacial score (nSPS) is 11.4. The zero-order chi connectivity index (χ0) is 10.8. The van der Waals surface area contributed by atoms with Crippen LogP contribution in [0.5, 0.6) is 0 Å². The summed E-state index contributed by atoms with van der Waals surface area (Å²) in [5, 5.41) is 6.49. The van der Waals surface area contributed by atoms with Crippen LogP contribution < -0.4 is 11.1 Å². The van der Waals surface area contributed by atoms with Gasteiger partial charge in [-0.15, -0.1) is 0 Å². The minimum atomic E-state index is -0.591. The van der Waals surface area contributed by atoms with E-state index in [1.165, 1.54) is 11.0 Å². The zero-order valence-corrected chi connectivity index (χ0v) is 8.61. The molecule has 0 unspecified atom stereocenters.